The molecule has 1 aromatic rings. The van der Waals surface area contributed by atoms with Crippen molar-refractivity contribution in [1.29, 1.82) is 0 Å². The first-order chi connectivity index (χ1) is 13.2. The van der Waals surface area contributed by atoms with Gasteiger partial charge in [0.2, 0.25) is 0 Å². The Labute approximate surface area is 171 Å². The highest BCUT2D eigenvalue weighted by molar-refractivity contribution is 5.83. The number of Topliss-reactive ketones (excluding diaryl/α,β-unsaturated/α-hetero) is 1. The maximum atomic E-state index is 11.9. The highest BCUT2D eigenvalue weighted by atomic mass is 16.5. The van der Waals surface area contributed by atoms with E-state index in [0.717, 1.165) is 24.8 Å². The van der Waals surface area contributed by atoms with E-state index >= 15 is 0 Å². The van der Waals surface area contributed by atoms with Crippen LogP contribution in [0.5, 0.6) is 0 Å². The lowest BCUT2D eigenvalue weighted by Gasteiger charge is -2.19. The molecule has 0 radical (unpaired) electrons. The van der Waals surface area contributed by atoms with Crippen LogP contribution in [-0.4, -0.2) is 11.8 Å². The fraction of sp³-hybridized carbons (Fsp3) is 0.600. The molecule has 0 fully saturated rings. The molecule has 1 aromatic carbocycles. The van der Waals surface area contributed by atoms with Crippen LogP contribution in [0.4, 0.5) is 0 Å². The van der Waals surface area contributed by atoms with Crippen LogP contribution >= 0.6 is 0 Å². The van der Waals surface area contributed by atoms with E-state index in [1.165, 1.54) is 36.7 Å². The van der Waals surface area contributed by atoms with Crippen LogP contribution in [0.15, 0.2) is 36.1 Å². The molecule has 0 spiro atoms. The summed E-state index contributed by atoms with van der Waals surface area (Å²) in [6, 6.07) is 8.56. The summed E-state index contributed by atoms with van der Waals surface area (Å²) in [4.78, 5) is 23.7. The number of ketones is 1. The van der Waals surface area contributed by atoms with Crippen molar-refractivity contribution < 1.29 is 14.3 Å². The van der Waals surface area contributed by atoms with Crippen LogP contribution in [0.25, 0.3) is 0 Å². The molecule has 0 atom stereocenters. The van der Waals surface area contributed by atoms with Crippen molar-refractivity contribution in [3.63, 3.8) is 0 Å². The van der Waals surface area contributed by atoms with Gasteiger partial charge in [0, 0.05) is 12.8 Å². The molecule has 0 saturated carbocycles. The minimum atomic E-state index is -0.332. The number of carbonyl (C=O) groups excluding carboxylic acids is 2. The van der Waals surface area contributed by atoms with Crippen LogP contribution in [0, 0.1) is 0 Å². The molecule has 3 heteroatoms. The predicted molar refractivity (Wildman–Crippen MR) is 116 cm³/mol. The Morgan fingerprint density at radius 3 is 2.18 bits per heavy atom. The third kappa shape index (κ3) is 10.4. The summed E-state index contributed by atoms with van der Waals surface area (Å²) < 4.78 is 5.21. The average Bonchev–Trinajstić information content (AvgIpc) is 2.64. The topological polar surface area (TPSA) is 43.4 Å². The predicted octanol–water partition coefficient (Wildman–Crippen LogP) is 6.68. The summed E-state index contributed by atoms with van der Waals surface area (Å²) in [7, 11) is 0. The number of benzene rings is 1. The summed E-state index contributed by atoms with van der Waals surface area (Å²) in [5.41, 5.74) is 3.63. The number of hydrogen-bond acceptors (Lipinski definition) is 3. The van der Waals surface area contributed by atoms with Crippen molar-refractivity contribution in [3.05, 3.63) is 47.2 Å². The number of hydrogen-bond donors (Lipinski definition) is 0. The van der Waals surface area contributed by atoms with Crippen molar-refractivity contribution in [2.45, 2.75) is 97.8 Å². The second kappa shape index (κ2) is 12.5. The van der Waals surface area contributed by atoms with Gasteiger partial charge < -0.3 is 4.74 Å². The van der Waals surface area contributed by atoms with Gasteiger partial charge >= 0.3 is 5.97 Å². The third-order valence-electron chi connectivity index (χ3n) is 4.86. The highest BCUT2D eigenvalue weighted by Gasteiger charge is 2.13. The summed E-state index contributed by atoms with van der Waals surface area (Å²) in [6.45, 7) is 10.7. The molecule has 0 amide bonds. The zero-order valence-corrected chi connectivity index (χ0v) is 18.5. The van der Waals surface area contributed by atoms with E-state index in [1.807, 2.05) is 6.92 Å². The van der Waals surface area contributed by atoms with Gasteiger partial charge in [0.1, 0.15) is 5.78 Å². The van der Waals surface area contributed by atoms with E-state index in [1.54, 1.807) is 0 Å². The van der Waals surface area contributed by atoms with E-state index in [0.29, 0.717) is 6.42 Å². The van der Waals surface area contributed by atoms with E-state index < -0.39 is 0 Å². The number of unbranched alkanes of at least 4 members (excludes halogenated alkanes) is 4. The van der Waals surface area contributed by atoms with Crippen molar-refractivity contribution >= 4 is 11.8 Å². The van der Waals surface area contributed by atoms with Crippen LogP contribution in [0.3, 0.4) is 0 Å². The van der Waals surface area contributed by atoms with Crippen molar-refractivity contribution in [2.24, 2.45) is 0 Å². The largest absolute Gasteiger partial charge is 0.435 e. The first kappa shape index (κ1) is 24.1. The Bertz CT molecular complexity index is 633. The van der Waals surface area contributed by atoms with Crippen molar-refractivity contribution in [1.82, 2.24) is 0 Å². The summed E-state index contributed by atoms with van der Waals surface area (Å²) in [6.07, 6.45) is 8.95. The molecule has 28 heavy (non-hydrogen) atoms. The second-order valence-electron chi connectivity index (χ2n) is 8.78. The second-order valence-corrected chi connectivity index (χ2v) is 8.78. The highest BCUT2D eigenvalue weighted by Crippen LogP contribution is 2.22. The smallest absolute Gasteiger partial charge is 0.311 e. The van der Waals surface area contributed by atoms with Gasteiger partial charge in [-0.05, 0) is 41.9 Å². The quantitative estimate of drug-likeness (QED) is 0.228. The SMILES string of the molecule is CCCCCCCC(=O)CCC(=O)OC=C(C)Cc1ccc(C(C)(C)C)cc1. The van der Waals surface area contributed by atoms with Gasteiger partial charge in [-0.15, -0.1) is 0 Å². The Balaban J connectivity index is 2.30. The van der Waals surface area contributed by atoms with Gasteiger partial charge in [-0.2, -0.15) is 0 Å². The van der Waals surface area contributed by atoms with E-state index in [9.17, 15) is 9.59 Å². The van der Waals surface area contributed by atoms with Gasteiger partial charge in [0.15, 0.2) is 0 Å². The Kier molecular flexibility index (Phi) is 10.8. The molecular weight excluding hydrogens is 348 g/mol. The minimum absolute atomic E-state index is 0.145. The van der Waals surface area contributed by atoms with E-state index in [2.05, 4.69) is 52.0 Å². The Morgan fingerprint density at radius 1 is 0.929 bits per heavy atom. The Morgan fingerprint density at radius 2 is 1.57 bits per heavy atom. The first-order valence-electron chi connectivity index (χ1n) is 10.7. The zero-order valence-electron chi connectivity index (χ0n) is 18.5. The minimum Gasteiger partial charge on any atom is -0.435 e. The zero-order chi connectivity index (χ0) is 21.0. The fourth-order valence-corrected chi connectivity index (χ4v) is 3.00. The van der Waals surface area contributed by atoms with Gasteiger partial charge in [0.25, 0.3) is 0 Å². The lowest BCUT2D eigenvalue weighted by molar-refractivity contribution is -0.139. The van der Waals surface area contributed by atoms with Crippen LogP contribution in [0.2, 0.25) is 0 Å². The molecule has 3 nitrogen and oxygen atoms in total. The molecule has 0 aliphatic carbocycles. The number of esters is 1. The lowest BCUT2D eigenvalue weighted by Crippen LogP contribution is -2.10. The Hall–Kier alpha value is -1.90. The number of rotatable bonds is 12. The number of allylic oxidation sites excluding steroid dienone is 1. The standard InChI is InChI=1S/C25H38O3/c1-6-7-8-9-10-11-23(26)16-17-24(27)28-19-20(2)18-21-12-14-22(15-13-21)25(3,4)5/h12-15,19H,6-11,16-18H2,1-5H3. The first-order valence-corrected chi connectivity index (χ1v) is 10.7. The van der Waals surface area contributed by atoms with Gasteiger partial charge in [-0.1, -0.05) is 77.6 Å². The third-order valence-corrected chi connectivity index (χ3v) is 4.86. The molecule has 0 aliphatic rings. The summed E-state index contributed by atoms with van der Waals surface area (Å²) in [5.74, 6) is -0.171. The van der Waals surface area contributed by atoms with Crippen LogP contribution in [-0.2, 0) is 26.2 Å². The van der Waals surface area contributed by atoms with Gasteiger partial charge in [-0.25, -0.2) is 0 Å². The van der Waals surface area contributed by atoms with Crippen LogP contribution in [0.1, 0.15) is 97.1 Å². The lowest BCUT2D eigenvalue weighted by atomic mass is 9.86. The molecule has 0 aliphatic heterocycles. The maximum absolute atomic E-state index is 11.9. The van der Waals surface area contributed by atoms with Crippen LogP contribution < -0.4 is 0 Å². The molecule has 156 valence electrons. The molecule has 0 bridgehead atoms. The fourth-order valence-electron chi connectivity index (χ4n) is 3.00. The number of carbonyl (C=O) groups is 2. The van der Waals surface area contributed by atoms with Crippen molar-refractivity contribution in [3.8, 4) is 0 Å². The summed E-state index contributed by atoms with van der Waals surface area (Å²) >= 11 is 0. The summed E-state index contributed by atoms with van der Waals surface area (Å²) in [5, 5.41) is 0. The van der Waals surface area contributed by atoms with Gasteiger partial charge in [-0.3, -0.25) is 9.59 Å². The average molecular weight is 387 g/mol. The maximum Gasteiger partial charge on any atom is 0.311 e. The molecule has 1 rings (SSSR count). The van der Waals surface area contributed by atoms with E-state index in [4.69, 9.17) is 4.74 Å². The van der Waals surface area contributed by atoms with Gasteiger partial charge in [0.05, 0.1) is 12.7 Å². The monoisotopic (exact) mass is 386 g/mol. The normalized spacial score (nSPS) is 12.1. The molecule has 0 saturated heterocycles. The molecule has 0 N–H and O–H groups in total. The molecule has 0 heterocycles. The molecule has 0 aromatic heterocycles. The number of ether oxygens (including phenoxy) is 1. The van der Waals surface area contributed by atoms with Crippen molar-refractivity contribution in [2.75, 3.05) is 0 Å². The molecular formula is C25H38O3. The van der Waals surface area contributed by atoms with E-state index in [-0.39, 0.29) is 30.0 Å². The molecule has 0 unspecified atom stereocenters.